The molecule has 0 saturated carbocycles. The lowest BCUT2D eigenvalue weighted by atomic mass is 9.82. The molecular formula is C25H23F3N2O2. The molecule has 7 heteroatoms. The van der Waals surface area contributed by atoms with Crippen LogP contribution in [-0.2, 0) is 17.4 Å². The largest absolute Gasteiger partial charge is 0.497 e. The summed E-state index contributed by atoms with van der Waals surface area (Å²) in [7, 11) is 1.54. The number of nitrogens with two attached hydrogens (primary N) is 1. The van der Waals surface area contributed by atoms with Crippen LogP contribution in [0, 0.1) is 5.92 Å². The summed E-state index contributed by atoms with van der Waals surface area (Å²) < 4.78 is 47.2. The highest BCUT2D eigenvalue weighted by molar-refractivity contribution is 6.05. The average molecular weight is 440 g/mol. The van der Waals surface area contributed by atoms with Crippen molar-refractivity contribution in [2.75, 3.05) is 17.7 Å². The van der Waals surface area contributed by atoms with E-state index in [2.05, 4.69) is 0 Å². The van der Waals surface area contributed by atoms with Gasteiger partial charge >= 0.3 is 6.18 Å². The van der Waals surface area contributed by atoms with E-state index in [9.17, 15) is 18.0 Å². The first-order valence-corrected chi connectivity index (χ1v) is 10.2. The third-order valence-corrected chi connectivity index (χ3v) is 6.06. The van der Waals surface area contributed by atoms with Crippen LogP contribution in [0.15, 0.2) is 66.7 Å². The number of nitrogen functional groups attached to an aromatic ring is 1. The molecule has 1 aliphatic heterocycles. The summed E-state index contributed by atoms with van der Waals surface area (Å²) in [4.78, 5) is 15.0. The highest BCUT2D eigenvalue weighted by atomic mass is 19.4. The zero-order chi connectivity index (χ0) is 23.0. The Hall–Kier alpha value is -3.48. The summed E-state index contributed by atoms with van der Waals surface area (Å²) in [5.41, 5.74) is 7.17. The minimum Gasteiger partial charge on any atom is -0.497 e. The summed E-state index contributed by atoms with van der Waals surface area (Å²) >= 11 is 0. The van der Waals surface area contributed by atoms with Crippen molar-refractivity contribution in [1.82, 2.24) is 0 Å². The number of benzene rings is 3. The quantitative estimate of drug-likeness (QED) is 0.513. The molecule has 0 radical (unpaired) electrons. The second kappa shape index (κ2) is 8.22. The lowest BCUT2D eigenvalue weighted by Crippen LogP contribution is -2.33. The van der Waals surface area contributed by atoms with Gasteiger partial charge in [-0.3, -0.25) is 9.69 Å². The summed E-state index contributed by atoms with van der Waals surface area (Å²) in [5, 5.41) is 0. The van der Waals surface area contributed by atoms with Gasteiger partial charge in [0.25, 0.3) is 0 Å². The molecule has 0 unspecified atom stereocenters. The van der Waals surface area contributed by atoms with Gasteiger partial charge in [0, 0.05) is 5.92 Å². The van der Waals surface area contributed by atoms with Gasteiger partial charge in [-0.15, -0.1) is 0 Å². The monoisotopic (exact) mass is 440 g/mol. The Morgan fingerprint density at radius 1 is 0.969 bits per heavy atom. The predicted molar refractivity (Wildman–Crippen MR) is 118 cm³/mol. The van der Waals surface area contributed by atoms with Crippen LogP contribution >= 0.6 is 0 Å². The lowest BCUT2D eigenvalue weighted by Gasteiger charge is -2.27. The molecule has 2 atom stereocenters. The molecule has 4 rings (SSSR count). The van der Waals surface area contributed by atoms with Crippen LogP contribution < -0.4 is 15.4 Å². The van der Waals surface area contributed by atoms with Gasteiger partial charge in [0.2, 0.25) is 5.91 Å². The molecule has 3 aromatic rings. The number of amides is 1. The standard InChI is InChI=1S/C25H23F3N2O2/c1-15-18(16-10-12-17(32-2)13-11-16)14-19-20(25(26,27)28)6-5-9-22(19)30(24(15)31)23-8-4-3-7-21(23)29/h3-13,15,18H,14,29H2,1-2H3/t15-,18-/m1/s1. The van der Waals surface area contributed by atoms with Crippen molar-refractivity contribution in [2.24, 2.45) is 5.92 Å². The van der Waals surface area contributed by atoms with E-state index in [0.29, 0.717) is 17.1 Å². The topological polar surface area (TPSA) is 55.6 Å². The van der Waals surface area contributed by atoms with Crippen LogP contribution in [0.1, 0.15) is 29.5 Å². The molecule has 166 valence electrons. The van der Waals surface area contributed by atoms with Gasteiger partial charge in [-0.05, 0) is 59.9 Å². The number of anilines is 3. The highest BCUT2D eigenvalue weighted by Gasteiger charge is 2.41. The van der Waals surface area contributed by atoms with Crippen molar-refractivity contribution in [1.29, 1.82) is 0 Å². The minimum atomic E-state index is -4.56. The Morgan fingerprint density at radius 3 is 2.25 bits per heavy atom. The summed E-state index contributed by atoms with van der Waals surface area (Å²) in [6.07, 6.45) is -4.49. The number of rotatable bonds is 3. The predicted octanol–water partition coefficient (Wildman–Crippen LogP) is 5.94. The molecule has 0 spiro atoms. The van der Waals surface area contributed by atoms with Crippen LogP contribution in [0.5, 0.6) is 5.75 Å². The fraction of sp³-hybridized carbons (Fsp3) is 0.240. The number of carbonyl (C=O) groups is 1. The molecule has 1 aliphatic rings. The Kier molecular flexibility index (Phi) is 5.59. The summed E-state index contributed by atoms with van der Waals surface area (Å²) in [6.45, 7) is 1.75. The number of halogens is 3. The van der Waals surface area contributed by atoms with Crippen LogP contribution in [0.25, 0.3) is 0 Å². The van der Waals surface area contributed by atoms with Gasteiger partial charge in [0.15, 0.2) is 0 Å². The first kappa shape index (κ1) is 21.7. The molecule has 0 saturated heterocycles. The Labute approximate surface area is 184 Å². The summed E-state index contributed by atoms with van der Waals surface area (Å²) in [6, 6.07) is 17.8. The fourth-order valence-electron chi connectivity index (χ4n) is 4.35. The third-order valence-electron chi connectivity index (χ3n) is 6.06. The van der Waals surface area contributed by atoms with Crippen LogP contribution in [0.2, 0.25) is 0 Å². The van der Waals surface area contributed by atoms with Gasteiger partial charge in [-0.2, -0.15) is 13.2 Å². The zero-order valence-electron chi connectivity index (χ0n) is 17.7. The Morgan fingerprint density at radius 2 is 1.62 bits per heavy atom. The molecule has 0 fully saturated rings. The Bertz CT molecular complexity index is 1140. The van der Waals surface area contributed by atoms with Gasteiger partial charge < -0.3 is 10.5 Å². The van der Waals surface area contributed by atoms with E-state index in [1.807, 2.05) is 0 Å². The number of alkyl halides is 3. The molecule has 0 bridgehead atoms. The first-order chi connectivity index (χ1) is 15.2. The van der Waals surface area contributed by atoms with E-state index in [1.54, 1.807) is 68.6 Å². The molecule has 2 N–H and O–H groups in total. The van der Waals surface area contributed by atoms with Crippen LogP contribution in [0.4, 0.5) is 30.2 Å². The number of hydrogen-bond donors (Lipinski definition) is 1. The molecule has 4 nitrogen and oxygen atoms in total. The zero-order valence-corrected chi connectivity index (χ0v) is 17.7. The van der Waals surface area contributed by atoms with E-state index in [-0.39, 0.29) is 23.6 Å². The number of methoxy groups -OCH3 is 1. The molecule has 32 heavy (non-hydrogen) atoms. The summed E-state index contributed by atoms with van der Waals surface area (Å²) in [5.74, 6) is -0.708. The lowest BCUT2D eigenvalue weighted by molar-refractivity contribution is -0.138. The molecule has 1 heterocycles. The van der Waals surface area contributed by atoms with Crippen LogP contribution in [-0.4, -0.2) is 13.0 Å². The number of ether oxygens (including phenoxy) is 1. The second-order valence-corrected chi connectivity index (χ2v) is 7.91. The molecule has 0 aliphatic carbocycles. The smallest absolute Gasteiger partial charge is 0.416 e. The van der Waals surface area contributed by atoms with Gasteiger partial charge in [0.05, 0.1) is 29.7 Å². The maximum atomic E-state index is 14.0. The number of hydrogen-bond acceptors (Lipinski definition) is 3. The number of para-hydroxylation sites is 2. The number of fused-ring (bicyclic) bond motifs is 1. The van der Waals surface area contributed by atoms with E-state index in [4.69, 9.17) is 10.5 Å². The maximum Gasteiger partial charge on any atom is 0.416 e. The first-order valence-electron chi connectivity index (χ1n) is 10.2. The van der Waals surface area contributed by atoms with Crippen molar-refractivity contribution in [3.63, 3.8) is 0 Å². The second-order valence-electron chi connectivity index (χ2n) is 7.91. The minimum absolute atomic E-state index is 0.0630. The van der Waals surface area contributed by atoms with Gasteiger partial charge in [-0.1, -0.05) is 37.3 Å². The highest BCUT2D eigenvalue weighted by Crippen LogP contribution is 2.46. The van der Waals surface area contributed by atoms with E-state index >= 15 is 0 Å². The third kappa shape index (κ3) is 3.79. The van der Waals surface area contributed by atoms with E-state index in [0.717, 1.165) is 11.6 Å². The molecule has 3 aromatic carbocycles. The molecular weight excluding hydrogens is 417 g/mol. The van der Waals surface area contributed by atoms with Crippen molar-refractivity contribution in [3.05, 3.63) is 83.4 Å². The maximum absolute atomic E-state index is 14.0. The normalized spacial score (nSPS) is 18.8. The molecule has 0 aromatic heterocycles. The fourth-order valence-corrected chi connectivity index (χ4v) is 4.35. The van der Waals surface area contributed by atoms with Crippen molar-refractivity contribution < 1.29 is 22.7 Å². The Balaban J connectivity index is 1.94. The van der Waals surface area contributed by atoms with Gasteiger partial charge in [-0.25, -0.2) is 0 Å². The van der Waals surface area contributed by atoms with Crippen LogP contribution in [0.3, 0.4) is 0 Å². The SMILES string of the molecule is COc1ccc([C@@H]2Cc3c(cccc3C(F)(F)F)N(c3ccccc3N)C(=O)[C@@H]2C)cc1. The van der Waals surface area contributed by atoms with E-state index < -0.39 is 23.6 Å². The van der Waals surface area contributed by atoms with Gasteiger partial charge in [0.1, 0.15) is 5.75 Å². The van der Waals surface area contributed by atoms with Crippen molar-refractivity contribution in [2.45, 2.75) is 25.4 Å². The van der Waals surface area contributed by atoms with Crippen molar-refractivity contribution in [3.8, 4) is 5.75 Å². The average Bonchev–Trinajstić information content (AvgIpc) is 2.88. The van der Waals surface area contributed by atoms with E-state index in [1.165, 1.54) is 11.0 Å². The molecule has 1 amide bonds. The number of nitrogens with zero attached hydrogens (tertiary/aromatic N) is 1. The number of carbonyl (C=O) groups excluding carboxylic acids is 1. The van der Waals surface area contributed by atoms with Crippen molar-refractivity contribution >= 4 is 23.0 Å².